The smallest absolute Gasteiger partial charge is 0.254 e. The Kier molecular flexibility index (Phi) is 7.63. The van der Waals surface area contributed by atoms with Crippen LogP contribution < -0.4 is 10.6 Å². The average Bonchev–Trinajstić information content (AvgIpc) is 3.13. The van der Waals surface area contributed by atoms with Gasteiger partial charge >= 0.3 is 0 Å². The van der Waals surface area contributed by atoms with Crippen molar-refractivity contribution in [2.45, 2.75) is 37.9 Å². The van der Waals surface area contributed by atoms with E-state index >= 15 is 0 Å². The largest absolute Gasteiger partial charge is 0.342 e. The van der Waals surface area contributed by atoms with E-state index in [1.165, 1.54) is 35.5 Å². The molecule has 2 aromatic carbocycles. The highest BCUT2D eigenvalue weighted by molar-refractivity contribution is 7.99. The van der Waals surface area contributed by atoms with Crippen LogP contribution in [0.25, 0.3) is 0 Å². The third-order valence-corrected chi connectivity index (χ3v) is 5.94. The van der Waals surface area contributed by atoms with Crippen LogP contribution in [0, 0.1) is 5.82 Å². The molecule has 32 heavy (non-hydrogen) atoms. The summed E-state index contributed by atoms with van der Waals surface area (Å²) in [5.41, 5.74) is 1.91. The highest BCUT2D eigenvalue weighted by atomic mass is 32.2. The van der Waals surface area contributed by atoms with Gasteiger partial charge in [-0.1, -0.05) is 49.9 Å². The maximum absolute atomic E-state index is 13.8. The maximum Gasteiger partial charge on any atom is 0.254 e. The van der Waals surface area contributed by atoms with E-state index in [1.54, 1.807) is 24.6 Å². The van der Waals surface area contributed by atoms with Crippen LogP contribution >= 0.6 is 11.8 Å². The molecule has 0 aliphatic rings. The predicted molar refractivity (Wildman–Crippen MR) is 123 cm³/mol. The van der Waals surface area contributed by atoms with Gasteiger partial charge < -0.3 is 15.2 Å². The highest BCUT2D eigenvalue weighted by Crippen LogP contribution is 2.21. The number of hydrogen-bond donors (Lipinski definition) is 2. The summed E-state index contributed by atoms with van der Waals surface area (Å²) in [4.78, 5) is 24.7. The Bertz CT molecular complexity index is 1100. The van der Waals surface area contributed by atoms with Crippen molar-refractivity contribution in [2.24, 2.45) is 7.05 Å². The number of rotatable bonds is 8. The van der Waals surface area contributed by atoms with Crippen molar-refractivity contribution in [1.29, 1.82) is 0 Å². The van der Waals surface area contributed by atoms with Gasteiger partial charge in [-0.25, -0.2) is 4.39 Å². The molecule has 2 N–H and O–H groups in total. The zero-order chi connectivity index (χ0) is 23.3. The molecule has 0 unspecified atom stereocenters. The van der Waals surface area contributed by atoms with Crippen molar-refractivity contribution in [2.75, 3.05) is 11.1 Å². The molecular weight excluding hydrogens is 429 g/mol. The SMILES string of the molecule is CC(C)c1ccc(NC(=O)CSc2nnc([C@@H](C)NC(=O)c3ccccc3F)n2C)cc1. The van der Waals surface area contributed by atoms with Crippen LogP contribution in [0.3, 0.4) is 0 Å². The number of halogens is 1. The van der Waals surface area contributed by atoms with E-state index in [0.29, 0.717) is 16.9 Å². The summed E-state index contributed by atoms with van der Waals surface area (Å²) in [6.07, 6.45) is 0. The van der Waals surface area contributed by atoms with Crippen LogP contribution in [-0.2, 0) is 11.8 Å². The summed E-state index contributed by atoms with van der Waals surface area (Å²) in [7, 11) is 1.76. The Morgan fingerprint density at radius 3 is 2.41 bits per heavy atom. The van der Waals surface area contributed by atoms with E-state index in [0.717, 1.165) is 5.69 Å². The molecule has 0 bridgehead atoms. The molecule has 0 fully saturated rings. The molecule has 2 amide bonds. The first-order valence-corrected chi connectivity index (χ1v) is 11.2. The summed E-state index contributed by atoms with van der Waals surface area (Å²) in [6, 6.07) is 13.1. The van der Waals surface area contributed by atoms with E-state index in [9.17, 15) is 14.0 Å². The van der Waals surface area contributed by atoms with Crippen LogP contribution in [0.2, 0.25) is 0 Å². The first-order chi connectivity index (χ1) is 15.3. The standard InChI is InChI=1S/C23H26FN5O2S/c1-14(2)16-9-11-17(12-10-16)26-20(30)13-32-23-28-27-21(29(23)4)15(3)25-22(31)18-7-5-6-8-19(18)24/h5-12,14-15H,13H2,1-4H3,(H,25,31)(H,26,30)/t15-/m1/s1. The second-order valence-electron chi connectivity index (χ2n) is 7.69. The molecule has 0 radical (unpaired) electrons. The first kappa shape index (κ1) is 23.5. The average molecular weight is 456 g/mol. The van der Waals surface area contributed by atoms with Crippen molar-refractivity contribution in [3.63, 3.8) is 0 Å². The number of hydrogen-bond acceptors (Lipinski definition) is 5. The Hall–Kier alpha value is -3.20. The van der Waals surface area contributed by atoms with Crippen LogP contribution in [0.1, 0.15) is 54.5 Å². The number of carbonyl (C=O) groups excluding carboxylic acids is 2. The number of benzene rings is 2. The molecule has 168 valence electrons. The number of amides is 2. The van der Waals surface area contributed by atoms with Crippen molar-refractivity contribution < 1.29 is 14.0 Å². The molecule has 0 saturated heterocycles. The van der Waals surface area contributed by atoms with Gasteiger partial charge in [-0.05, 0) is 42.7 Å². The topological polar surface area (TPSA) is 88.9 Å². The molecular formula is C23H26FN5O2S. The summed E-state index contributed by atoms with van der Waals surface area (Å²) in [5, 5.41) is 14.4. The molecule has 9 heteroatoms. The lowest BCUT2D eigenvalue weighted by Crippen LogP contribution is -2.29. The van der Waals surface area contributed by atoms with Crippen LogP contribution in [0.15, 0.2) is 53.7 Å². The summed E-state index contributed by atoms with van der Waals surface area (Å²) >= 11 is 1.24. The van der Waals surface area contributed by atoms with Crippen LogP contribution in [0.5, 0.6) is 0 Å². The lowest BCUT2D eigenvalue weighted by Gasteiger charge is -2.14. The predicted octanol–water partition coefficient (Wildman–Crippen LogP) is 4.30. The summed E-state index contributed by atoms with van der Waals surface area (Å²) < 4.78 is 15.5. The van der Waals surface area contributed by atoms with Crippen molar-refractivity contribution >= 4 is 29.3 Å². The molecule has 0 aliphatic carbocycles. The van der Waals surface area contributed by atoms with Crippen molar-refractivity contribution in [1.82, 2.24) is 20.1 Å². The lowest BCUT2D eigenvalue weighted by atomic mass is 10.0. The third kappa shape index (κ3) is 5.73. The molecule has 0 aliphatic heterocycles. The van der Waals surface area contributed by atoms with Gasteiger partial charge in [0.05, 0.1) is 17.4 Å². The van der Waals surface area contributed by atoms with Gasteiger partial charge in [0, 0.05) is 12.7 Å². The molecule has 1 aromatic heterocycles. The zero-order valence-electron chi connectivity index (χ0n) is 18.4. The van der Waals surface area contributed by atoms with Gasteiger partial charge in [0.2, 0.25) is 5.91 Å². The van der Waals surface area contributed by atoms with Crippen LogP contribution in [-0.4, -0.2) is 32.3 Å². The number of nitrogens with zero attached hydrogens (tertiary/aromatic N) is 3. The fraction of sp³-hybridized carbons (Fsp3) is 0.304. The zero-order valence-corrected chi connectivity index (χ0v) is 19.2. The van der Waals surface area contributed by atoms with Gasteiger partial charge in [-0.2, -0.15) is 0 Å². The Labute approximate surface area is 190 Å². The number of thioether (sulfide) groups is 1. The van der Waals surface area contributed by atoms with E-state index in [-0.39, 0.29) is 17.2 Å². The van der Waals surface area contributed by atoms with Crippen molar-refractivity contribution in [3.8, 4) is 0 Å². The normalized spacial score (nSPS) is 11.9. The molecule has 7 nitrogen and oxygen atoms in total. The number of aromatic nitrogens is 3. The monoisotopic (exact) mass is 455 g/mol. The molecule has 3 aromatic rings. The first-order valence-electron chi connectivity index (χ1n) is 10.2. The summed E-state index contributed by atoms with van der Waals surface area (Å²) in [5.74, 6) is -0.181. The fourth-order valence-electron chi connectivity index (χ4n) is 3.09. The Morgan fingerprint density at radius 1 is 1.06 bits per heavy atom. The van der Waals surface area contributed by atoms with Gasteiger partial charge in [-0.3, -0.25) is 9.59 Å². The number of carbonyl (C=O) groups is 2. The molecule has 3 rings (SSSR count). The lowest BCUT2D eigenvalue weighted by molar-refractivity contribution is -0.113. The third-order valence-electron chi connectivity index (χ3n) is 4.92. The van der Waals surface area contributed by atoms with Crippen molar-refractivity contribution in [3.05, 3.63) is 71.3 Å². The fourth-order valence-corrected chi connectivity index (χ4v) is 3.81. The van der Waals surface area contributed by atoms with Gasteiger partial charge in [-0.15, -0.1) is 10.2 Å². The van der Waals surface area contributed by atoms with E-state index in [2.05, 4.69) is 34.7 Å². The maximum atomic E-state index is 13.8. The highest BCUT2D eigenvalue weighted by Gasteiger charge is 2.20. The quantitative estimate of drug-likeness (QED) is 0.495. The summed E-state index contributed by atoms with van der Waals surface area (Å²) in [6.45, 7) is 5.97. The Morgan fingerprint density at radius 2 is 1.75 bits per heavy atom. The minimum Gasteiger partial charge on any atom is -0.342 e. The number of anilines is 1. The molecule has 0 spiro atoms. The molecule has 1 atom stereocenters. The van der Waals surface area contributed by atoms with Gasteiger partial charge in [0.15, 0.2) is 11.0 Å². The van der Waals surface area contributed by atoms with Gasteiger partial charge in [0.1, 0.15) is 5.82 Å². The van der Waals surface area contributed by atoms with E-state index < -0.39 is 17.8 Å². The second-order valence-corrected chi connectivity index (χ2v) is 8.63. The van der Waals surface area contributed by atoms with E-state index in [4.69, 9.17) is 0 Å². The minimum atomic E-state index is -0.587. The second kappa shape index (κ2) is 10.4. The molecule has 1 heterocycles. The minimum absolute atomic E-state index is 0.0331. The van der Waals surface area contributed by atoms with E-state index in [1.807, 2.05) is 24.3 Å². The molecule has 0 saturated carbocycles. The number of nitrogens with one attached hydrogen (secondary N) is 2. The Balaban J connectivity index is 1.56. The van der Waals surface area contributed by atoms with Gasteiger partial charge in [0.25, 0.3) is 5.91 Å². The van der Waals surface area contributed by atoms with Crippen LogP contribution in [0.4, 0.5) is 10.1 Å².